The molecule has 3 nitrogen and oxygen atoms in total. The molecule has 0 saturated carbocycles. The Bertz CT molecular complexity index is 556. The maximum atomic E-state index is 13.0. The Morgan fingerprint density at radius 3 is 2.68 bits per heavy atom. The van der Waals surface area contributed by atoms with E-state index in [1.165, 1.54) is 6.07 Å². The molecule has 19 heavy (non-hydrogen) atoms. The predicted octanol–water partition coefficient (Wildman–Crippen LogP) is 3.23. The topological polar surface area (TPSA) is 50.9 Å². The van der Waals surface area contributed by atoms with E-state index in [1.54, 1.807) is 25.5 Å². The van der Waals surface area contributed by atoms with Crippen LogP contribution >= 0.6 is 0 Å². The molecule has 0 aliphatic rings. The number of nitrogens with one attached hydrogen (secondary N) is 1. The van der Waals surface area contributed by atoms with Crippen molar-refractivity contribution in [1.29, 1.82) is 0 Å². The van der Waals surface area contributed by atoms with Crippen LogP contribution in [0.2, 0.25) is 0 Å². The standard InChI is InChI=1S/C14H15F2N3/c1-18-13-11(14(15)16)6-10(7-12(13)17)5-9-3-2-4-19-8-9/h2-4,6-8,14,18H,5,17H2,1H3. The van der Waals surface area contributed by atoms with Crippen LogP contribution in [0.4, 0.5) is 20.2 Å². The van der Waals surface area contributed by atoms with Crippen LogP contribution in [0.1, 0.15) is 23.1 Å². The smallest absolute Gasteiger partial charge is 0.265 e. The van der Waals surface area contributed by atoms with Gasteiger partial charge in [0.1, 0.15) is 0 Å². The number of halogens is 2. The Morgan fingerprint density at radius 1 is 1.32 bits per heavy atom. The zero-order valence-electron chi connectivity index (χ0n) is 10.5. The highest BCUT2D eigenvalue weighted by Crippen LogP contribution is 2.33. The number of hydrogen-bond acceptors (Lipinski definition) is 3. The Morgan fingerprint density at radius 2 is 2.11 bits per heavy atom. The summed E-state index contributed by atoms with van der Waals surface area (Å²) in [5, 5.41) is 2.72. The third kappa shape index (κ3) is 2.99. The van der Waals surface area contributed by atoms with Gasteiger partial charge in [-0.05, 0) is 35.7 Å². The molecule has 0 fully saturated rings. The summed E-state index contributed by atoms with van der Waals surface area (Å²) in [6.45, 7) is 0. The molecule has 0 radical (unpaired) electrons. The number of rotatable bonds is 4. The molecule has 0 unspecified atom stereocenters. The van der Waals surface area contributed by atoms with Crippen molar-refractivity contribution in [3.63, 3.8) is 0 Å². The first kappa shape index (κ1) is 13.3. The van der Waals surface area contributed by atoms with Gasteiger partial charge in [-0.15, -0.1) is 0 Å². The van der Waals surface area contributed by atoms with Gasteiger partial charge in [-0.2, -0.15) is 0 Å². The van der Waals surface area contributed by atoms with Gasteiger partial charge in [0.15, 0.2) is 0 Å². The molecule has 2 aromatic rings. The molecule has 0 amide bonds. The molecular formula is C14H15F2N3. The predicted molar refractivity (Wildman–Crippen MR) is 72.4 cm³/mol. The van der Waals surface area contributed by atoms with Crippen LogP contribution in [0.3, 0.4) is 0 Å². The molecule has 5 heteroatoms. The Hall–Kier alpha value is -2.17. The number of hydrogen-bond donors (Lipinski definition) is 2. The van der Waals surface area contributed by atoms with Crippen molar-refractivity contribution in [1.82, 2.24) is 4.98 Å². The molecule has 0 atom stereocenters. The number of nitrogen functional groups attached to an aromatic ring is 1. The van der Waals surface area contributed by atoms with Gasteiger partial charge in [-0.25, -0.2) is 8.78 Å². The van der Waals surface area contributed by atoms with Crippen LogP contribution in [0.15, 0.2) is 36.7 Å². The van der Waals surface area contributed by atoms with Crippen LogP contribution in [-0.4, -0.2) is 12.0 Å². The fraction of sp³-hybridized carbons (Fsp3) is 0.214. The van der Waals surface area contributed by atoms with Crippen LogP contribution in [0, 0.1) is 0 Å². The van der Waals surface area contributed by atoms with Gasteiger partial charge in [-0.3, -0.25) is 4.98 Å². The number of benzene rings is 1. The van der Waals surface area contributed by atoms with Crippen molar-refractivity contribution in [3.8, 4) is 0 Å². The largest absolute Gasteiger partial charge is 0.397 e. The first-order chi connectivity index (χ1) is 9.11. The minimum Gasteiger partial charge on any atom is -0.397 e. The average Bonchev–Trinajstić information content (AvgIpc) is 2.39. The lowest BCUT2D eigenvalue weighted by molar-refractivity contribution is 0.152. The Labute approximate surface area is 110 Å². The number of alkyl halides is 2. The molecule has 0 spiro atoms. The van der Waals surface area contributed by atoms with Gasteiger partial charge >= 0.3 is 0 Å². The van der Waals surface area contributed by atoms with Gasteiger partial charge in [-0.1, -0.05) is 6.07 Å². The molecule has 0 aliphatic carbocycles. The summed E-state index contributed by atoms with van der Waals surface area (Å²) in [6.07, 6.45) is 1.36. The van der Waals surface area contributed by atoms with Crippen molar-refractivity contribution < 1.29 is 8.78 Å². The van der Waals surface area contributed by atoms with Crippen molar-refractivity contribution in [3.05, 3.63) is 53.3 Å². The van der Waals surface area contributed by atoms with E-state index in [0.29, 0.717) is 17.8 Å². The summed E-state index contributed by atoms with van der Waals surface area (Å²) in [5.74, 6) is 0. The lowest BCUT2D eigenvalue weighted by Crippen LogP contribution is -2.03. The lowest BCUT2D eigenvalue weighted by Gasteiger charge is -2.14. The van der Waals surface area contributed by atoms with E-state index >= 15 is 0 Å². The van der Waals surface area contributed by atoms with E-state index in [4.69, 9.17) is 5.73 Å². The quantitative estimate of drug-likeness (QED) is 0.833. The van der Waals surface area contributed by atoms with Gasteiger partial charge in [0.25, 0.3) is 6.43 Å². The van der Waals surface area contributed by atoms with Gasteiger partial charge < -0.3 is 11.1 Å². The Balaban J connectivity index is 2.37. The van der Waals surface area contributed by atoms with E-state index in [-0.39, 0.29) is 5.56 Å². The summed E-state index contributed by atoms with van der Waals surface area (Å²) in [6, 6.07) is 6.91. The highest BCUT2D eigenvalue weighted by molar-refractivity contribution is 5.71. The lowest BCUT2D eigenvalue weighted by atomic mass is 10.0. The Kier molecular flexibility index (Phi) is 3.94. The van der Waals surface area contributed by atoms with Gasteiger partial charge in [0, 0.05) is 25.0 Å². The van der Waals surface area contributed by atoms with Gasteiger partial charge in [0.05, 0.1) is 11.4 Å². The second-order valence-electron chi connectivity index (χ2n) is 4.24. The normalized spacial score (nSPS) is 10.7. The summed E-state index contributed by atoms with van der Waals surface area (Å²) in [5.41, 5.74) is 8.08. The van der Waals surface area contributed by atoms with E-state index in [9.17, 15) is 8.78 Å². The second kappa shape index (κ2) is 5.65. The van der Waals surface area contributed by atoms with Crippen LogP contribution in [0.25, 0.3) is 0 Å². The third-order valence-electron chi connectivity index (χ3n) is 2.88. The SMILES string of the molecule is CNc1c(N)cc(Cc2cccnc2)cc1C(F)F. The molecule has 0 saturated heterocycles. The minimum absolute atomic E-state index is 0.0682. The maximum absolute atomic E-state index is 13.0. The van der Waals surface area contributed by atoms with Crippen molar-refractivity contribution in [2.45, 2.75) is 12.8 Å². The second-order valence-corrected chi connectivity index (χ2v) is 4.24. The average molecular weight is 263 g/mol. The molecule has 1 aromatic carbocycles. The monoisotopic (exact) mass is 263 g/mol. The van der Waals surface area contributed by atoms with Gasteiger partial charge in [0.2, 0.25) is 0 Å². The first-order valence-corrected chi connectivity index (χ1v) is 5.89. The molecule has 1 heterocycles. The maximum Gasteiger partial charge on any atom is 0.265 e. The molecular weight excluding hydrogens is 248 g/mol. The fourth-order valence-electron chi connectivity index (χ4n) is 2.05. The molecule has 2 rings (SSSR count). The number of aromatic nitrogens is 1. The van der Waals surface area contributed by atoms with Crippen LogP contribution in [0.5, 0.6) is 0 Å². The number of nitrogens with zero attached hydrogens (tertiary/aromatic N) is 1. The highest BCUT2D eigenvalue weighted by atomic mass is 19.3. The van der Waals surface area contributed by atoms with E-state index < -0.39 is 6.43 Å². The summed E-state index contributed by atoms with van der Waals surface area (Å²) in [7, 11) is 1.58. The zero-order chi connectivity index (χ0) is 13.8. The number of pyridine rings is 1. The minimum atomic E-state index is -2.56. The summed E-state index contributed by atoms with van der Waals surface area (Å²) >= 11 is 0. The third-order valence-corrected chi connectivity index (χ3v) is 2.88. The number of anilines is 2. The first-order valence-electron chi connectivity index (χ1n) is 5.89. The summed E-state index contributed by atoms with van der Waals surface area (Å²) in [4.78, 5) is 4.00. The van der Waals surface area contributed by atoms with Crippen LogP contribution < -0.4 is 11.1 Å². The van der Waals surface area contributed by atoms with E-state index in [1.807, 2.05) is 12.1 Å². The van der Waals surface area contributed by atoms with Crippen LogP contribution in [-0.2, 0) is 6.42 Å². The highest BCUT2D eigenvalue weighted by Gasteiger charge is 2.16. The van der Waals surface area contributed by atoms with E-state index in [0.717, 1.165) is 11.1 Å². The molecule has 100 valence electrons. The zero-order valence-corrected chi connectivity index (χ0v) is 10.5. The molecule has 3 N–H and O–H groups in total. The summed E-state index contributed by atoms with van der Waals surface area (Å²) < 4.78 is 26.0. The van der Waals surface area contributed by atoms with Crippen molar-refractivity contribution >= 4 is 11.4 Å². The molecule has 0 bridgehead atoms. The molecule has 0 aliphatic heterocycles. The van der Waals surface area contributed by atoms with Crippen molar-refractivity contribution in [2.75, 3.05) is 18.1 Å². The molecule has 1 aromatic heterocycles. The van der Waals surface area contributed by atoms with Crippen molar-refractivity contribution in [2.24, 2.45) is 0 Å². The fourth-order valence-corrected chi connectivity index (χ4v) is 2.05. The number of nitrogens with two attached hydrogens (primary N) is 1. The van der Waals surface area contributed by atoms with E-state index in [2.05, 4.69) is 10.3 Å².